The molecular formula is C22H25FN4O2. The Hall–Kier alpha value is -2.54. The van der Waals surface area contributed by atoms with E-state index in [-0.39, 0.29) is 23.5 Å². The number of benzene rings is 1. The second-order valence-electron chi connectivity index (χ2n) is 8.56. The molecule has 0 bridgehead atoms. The first-order chi connectivity index (χ1) is 13.9. The van der Waals surface area contributed by atoms with Crippen LogP contribution in [0.5, 0.6) is 5.75 Å². The molecular weight excluding hydrogens is 371 g/mol. The van der Waals surface area contributed by atoms with Gasteiger partial charge < -0.3 is 14.4 Å². The maximum atomic E-state index is 14.5. The Kier molecular flexibility index (Phi) is 4.31. The first kappa shape index (κ1) is 18.5. The summed E-state index contributed by atoms with van der Waals surface area (Å²) in [7, 11) is 0. The van der Waals surface area contributed by atoms with Crippen LogP contribution in [-0.4, -0.2) is 46.6 Å². The zero-order valence-corrected chi connectivity index (χ0v) is 17.0. The first-order valence-electron chi connectivity index (χ1n) is 10.2. The summed E-state index contributed by atoms with van der Waals surface area (Å²) >= 11 is 0. The van der Waals surface area contributed by atoms with Crippen molar-refractivity contribution < 1.29 is 13.9 Å². The molecule has 5 rings (SSSR count). The zero-order chi connectivity index (χ0) is 20.2. The minimum atomic E-state index is -0.326. The van der Waals surface area contributed by atoms with E-state index >= 15 is 0 Å². The van der Waals surface area contributed by atoms with Crippen LogP contribution in [0.2, 0.25) is 0 Å². The maximum absolute atomic E-state index is 14.5. The molecule has 7 heteroatoms. The van der Waals surface area contributed by atoms with E-state index in [2.05, 4.69) is 33.7 Å². The van der Waals surface area contributed by atoms with Crippen molar-refractivity contribution in [2.75, 3.05) is 18.1 Å². The number of hydrogen-bond acceptors (Lipinski definition) is 6. The van der Waals surface area contributed by atoms with Crippen molar-refractivity contribution in [3.05, 3.63) is 47.2 Å². The maximum Gasteiger partial charge on any atom is 0.165 e. The summed E-state index contributed by atoms with van der Waals surface area (Å²) in [6.07, 6.45) is 3.48. The van der Waals surface area contributed by atoms with Gasteiger partial charge in [0.1, 0.15) is 17.7 Å². The van der Waals surface area contributed by atoms with Crippen molar-refractivity contribution >= 4 is 11.5 Å². The number of anilines is 1. The largest absolute Gasteiger partial charge is 0.484 e. The number of ether oxygens (including phenoxy) is 2. The van der Waals surface area contributed by atoms with Crippen LogP contribution in [0.15, 0.2) is 29.5 Å². The molecule has 0 amide bonds. The SMILES string of the molecule is C[C@@H]1COC[C@H](C)N1c1cc(C2=NCc3cc(F)c(OC4(C)CC4)cc32)ncn1. The summed E-state index contributed by atoms with van der Waals surface area (Å²) in [5.74, 6) is 0.828. The van der Waals surface area contributed by atoms with Gasteiger partial charge in [-0.1, -0.05) is 0 Å². The zero-order valence-electron chi connectivity index (χ0n) is 17.0. The van der Waals surface area contributed by atoms with Crippen LogP contribution in [-0.2, 0) is 11.3 Å². The van der Waals surface area contributed by atoms with E-state index in [1.165, 1.54) is 0 Å². The molecule has 1 aromatic heterocycles. The van der Waals surface area contributed by atoms with E-state index in [4.69, 9.17) is 9.47 Å². The van der Waals surface area contributed by atoms with E-state index in [1.54, 1.807) is 18.5 Å². The lowest BCUT2D eigenvalue weighted by Crippen LogP contribution is -2.50. The molecule has 1 saturated carbocycles. The molecule has 2 fully saturated rings. The number of nitrogens with zero attached hydrogens (tertiary/aromatic N) is 4. The first-order valence-corrected chi connectivity index (χ1v) is 10.2. The van der Waals surface area contributed by atoms with Gasteiger partial charge in [0.15, 0.2) is 11.6 Å². The van der Waals surface area contributed by atoms with Crippen molar-refractivity contribution in [1.82, 2.24) is 9.97 Å². The van der Waals surface area contributed by atoms with Crippen LogP contribution in [0.1, 0.15) is 50.4 Å². The predicted octanol–water partition coefficient (Wildman–Crippen LogP) is 3.51. The highest BCUT2D eigenvalue weighted by Crippen LogP contribution is 2.41. The number of fused-ring (bicyclic) bond motifs is 1. The lowest BCUT2D eigenvalue weighted by atomic mass is 10.0. The summed E-state index contributed by atoms with van der Waals surface area (Å²) in [5.41, 5.74) is 3.02. The normalized spacial score (nSPS) is 24.8. The van der Waals surface area contributed by atoms with Crippen LogP contribution < -0.4 is 9.64 Å². The summed E-state index contributed by atoms with van der Waals surface area (Å²) < 4.78 is 26.1. The lowest BCUT2D eigenvalue weighted by Gasteiger charge is -2.39. The Balaban J connectivity index is 1.48. The number of morpholine rings is 1. The quantitative estimate of drug-likeness (QED) is 0.792. The molecule has 0 radical (unpaired) electrons. The monoisotopic (exact) mass is 396 g/mol. The van der Waals surface area contributed by atoms with E-state index in [0.717, 1.165) is 41.2 Å². The predicted molar refractivity (Wildman–Crippen MR) is 108 cm³/mol. The summed E-state index contributed by atoms with van der Waals surface area (Å²) in [6.45, 7) is 8.06. The highest BCUT2D eigenvalue weighted by Gasteiger charge is 2.41. The molecule has 1 aliphatic carbocycles. The average Bonchev–Trinajstić information content (AvgIpc) is 3.27. The Bertz CT molecular complexity index is 979. The molecule has 1 saturated heterocycles. The van der Waals surface area contributed by atoms with Gasteiger partial charge in [0.2, 0.25) is 0 Å². The third-order valence-corrected chi connectivity index (χ3v) is 5.96. The molecule has 3 heterocycles. The minimum absolute atomic E-state index is 0.229. The Morgan fingerprint density at radius 1 is 1.14 bits per heavy atom. The van der Waals surface area contributed by atoms with E-state index < -0.39 is 0 Å². The standard InChI is InChI=1S/C22H25FN4O2/c1-13-10-28-11-14(2)27(13)20-8-18(25-12-26-20)21-16-7-19(29-22(3)4-5-22)17(23)6-15(16)9-24-21/h6-8,12-14H,4-5,9-11H2,1-3H3/t13-,14+. The Morgan fingerprint density at radius 2 is 1.90 bits per heavy atom. The third-order valence-electron chi connectivity index (χ3n) is 5.96. The van der Waals surface area contributed by atoms with Gasteiger partial charge >= 0.3 is 0 Å². The fraction of sp³-hybridized carbons (Fsp3) is 0.500. The van der Waals surface area contributed by atoms with E-state index in [1.807, 2.05) is 13.0 Å². The molecule has 1 aromatic carbocycles. The molecule has 29 heavy (non-hydrogen) atoms. The number of aliphatic imine (C=N–C) groups is 1. The molecule has 3 aliphatic rings. The van der Waals surface area contributed by atoms with E-state index in [9.17, 15) is 4.39 Å². The molecule has 0 N–H and O–H groups in total. The van der Waals surface area contributed by atoms with Gasteiger partial charge in [0, 0.05) is 11.6 Å². The van der Waals surface area contributed by atoms with Gasteiger partial charge in [-0.3, -0.25) is 4.99 Å². The van der Waals surface area contributed by atoms with Crippen molar-refractivity contribution in [3.8, 4) is 5.75 Å². The van der Waals surface area contributed by atoms with Gasteiger partial charge in [0.05, 0.1) is 43.2 Å². The van der Waals surface area contributed by atoms with Crippen LogP contribution >= 0.6 is 0 Å². The van der Waals surface area contributed by atoms with Gasteiger partial charge in [0.25, 0.3) is 0 Å². The minimum Gasteiger partial charge on any atom is -0.484 e. The lowest BCUT2D eigenvalue weighted by molar-refractivity contribution is 0.0752. The van der Waals surface area contributed by atoms with Crippen molar-refractivity contribution in [3.63, 3.8) is 0 Å². The Morgan fingerprint density at radius 3 is 2.62 bits per heavy atom. The highest BCUT2D eigenvalue weighted by molar-refractivity contribution is 6.14. The summed E-state index contributed by atoms with van der Waals surface area (Å²) in [6, 6.07) is 5.75. The van der Waals surface area contributed by atoms with Crippen LogP contribution in [0.3, 0.4) is 0 Å². The number of rotatable bonds is 4. The van der Waals surface area contributed by atoms with E-state index in [0.29, 0.717) is 25.5 Å². The van der Waals surface area contributed by atoms with Gasteiger partial charge in [-0.2, -0.15) is 0 Å². The number of aromatic nitrogens is 2. The number of halogens is 1. The molecule has 2 aromatic rings. The second kappa shape index (κ2) is 6.76. The summed E-state index contributed by atoms with van der Waals surface area (Å²) in [4.78, 5) is 15.9. The molecule has 0 spiro atoms. The molecule has 152 valence electrons. The van der Waals surface area contributed by atoms with Gasteiger partial charge in [-0.05, 0) is 51.3 Å². The molecule has 2 aliphatic heterocycles. The van der Waals surface area contributed by atoms with Gasteiger partial charge in [-0.15, -0.1) is 0 Å². The van der Waals surface area contributed by atoms with Crippen LogP contribution in [0, 0.1) is 5.82 Å². The molecule has 0 unspecified atom stereocenters. The summed E-state index contributed by atoms with van der Waals surface area (Å²) in [5, 5.41) is 0. The van der Waals surface area contributed by atoms with Crippen LogP contribution in [0.25, 0.3) is 0 Å². The second-order valence-corrected chi connectivity index (χ2v) is 8.56. The average molecular weight is 396 g/mol. The molecule has 6 nitrogen and oxygen atoms in total. The fourth-order valence-electron chi connectivity index (χ4n) is 4.11. The highest BCUT2D eigenvalue weighted by atomic mass is 19.1. The van der Waals surface area contributed by atoms with Crippen LogP contribution in [0.4, 0.5) is 10.2 Å². The van der Waals surface area contributed by atoms with Crippen molar-refractivity contribution in [2.45, 2.75) is 57.8 Å². The fourth-order valence-corrected chi connectivity index (χ4v) is 4.11. The Labute approximate surface area is 169 Å². The van der Waals surface area contributed by atoms with Crippen molar-refractivity contribution in [1.29, 1.82) is 0 Å². The topological polar surface area (TPSA) is 59.8 Å². The smallest absolute Gasteiger partial charge is 0.165 e. The number of hydrogen-bond donors (Lipinski definition) is 0. The van der Waals surface area contributed by atoms with Crippen molar-refractivity contribution in [2.24, 2.45) is 4.99 Å². The molecule has 2 atom stereocenters. The third kappa shape index (κ3) is 3.37. The van der Waals surface area contributed by atoms with Gasteiger partial charge in [-0.25, -0.2) is 14.4 Å².